The SMILES string of the molecule is CCOc1ccc(-c2ccc3nc(N[C@H]4CCN(C(=O)[C@H](NC(=O)O)C(C)C)C4)nc(NCC(F)(F)F)c3n2)cc1S(N)(=O)=O. The number of anilines is 2. The van der Waals surface area contributed by atoms with E-state index < -0.39 is 34.9 Å². The molecule has 1 aliphatic heterocycles. The van der Waals surface area contributed by atoms with E-state index in [1.165, 1.54) is 35.2 Å². The summed E-state index contributed by atoms with van der Waals surface area (Å²) in [6.07, 6.45) is -5.44. The van der Waals surface area contributed by atoms with Crippen LogP contribution in [0.4, 0.5) is 29.7 Å². The van der Waals surface area contributed by atoms with Gasteiger partial charge in [-0.25, -0.2) is 28.3 Å². The minimum Gasteiger partial charge on any atom is -0.492 e. The number of hydrogen-bond acceptors (Lipinski definition) is 10. The van der Waals surface area contributed by atoms with Crippen LogP contribution in [0.2, 0.25) is 0 Å². The summed E-state index contributed by atoms with van der Waals surface area (Å²) in [4.78, 5) is 38.5. The van der Waals surface area contributed by atoms with Crippen molar-refractivity contribution in [2.45, 2.75) is 50.3 Å². The van der Waals surface area contributed by atoms with Crippen LogP contribution in [-0.2, 0) is 14.8 Å². The van der Waals surface area contributed by atoms with Crippen molar-refractivity contribution in [3.05, 3.63) is 30.3 Å². The number of alkyl halides is 3. The van der Waals surface area contributed by atoms with Gasteiger partial charge in [0.2, 0.25) is 21.9 Å². The number of nitrogens with one attached hydrogen (secondary N) is 3. The van der Waals surface area contributed by atoms with Crippen LogP contribution in [0.5, 0.6) is 5.75 Å². The summed E-state index contributed by atoms with van der Waals surface area (Å²) in [6, 6.07) is 5.93. The number of carbonyl (C=O) groups excluding carboxylic acids is 1. The van der Waals surface area contributed by atoms with E-state index in [0.29, 0.717) is 18.5 Å². The molecule has 0 unspecified atom stereocenters. The van der Waals surface area contributed by atoms with Crippen LogP contribution >= 0.6 is 0 Å². The van der Waals surface area contributed by atoms with Crippen molar-refractivity contribution >= 4 is 44.8 Å². The van der Waals surface area contributed by atoms with Gasteiger partial charge in [-0.1, -0.05) is 13.8 Å². The van der Waals surface area contributed by atoms with E-state index in [4.69, 9.17) is 15.0 Å². The number of primary sulfonamides is 1. The fourth-order valence-corrected chi connectivity index (χ4v) is 5.51. The molecule has 3 heterocycles. The van der Waals surface area contributed by atoms with Gasteiger partial charge in [0, 0.05) is 24.7 Å². The summed E-state index contributed by atoms with van der Waals surface area (Å²) in [7, 11) is -4.18. The van der Waals surface area contributed by atoms with Gasteiger partial charge in [-0.05, 0) is 49.6 Å². The molecule has 2 atom stereocenters. The summed E-state index contributed by atoms with van der Waals surface area (Å²) in [5, 5.41) is 22.0. The largest absolute Gasteiger partial charge is 0.492 e. The molecule has 2 aromatic heterocycles. The molecule has 6 N–H and O–H groups in total. The summed E-state index contributed by atoms with van der Waals surface area (Å²) >= 11 is 0. The maximum Gasteiger partial charge on any atom is 0.405 e. The Balaban J connectivity index is 1.64. The number of rotatable bonds is 11. The number of benzene rings is 1. The van der Waals surface area contributed by atoms with Crippen molar-refractivity contribution in [3.8, 4) is 17.0 Å². The lowest BCUT2D eigenvalue weighted by molar-refractivity contribution is -0.133. The zero-order valence-electron chi connectivity index (χ0n) is 24.6. The second-order valence-electron chi connectivity index (χ2n) is 10.7. The number of pyridine rings is 1. The number of nitrogens with zero attached hydrogens (tertiary/aromatic N) is 4. The molecule has 0 spiro atoms. The zero-order chi connectivity index (χ0) is 33.1. The van der Waals surface area contributed by atoms with Crippen molar-refractivity contribution in [1.29, 1.82) is 0 Å². The molecule has 45 heavy (non-hydrogen) atoms. The Morgan fingerprint density at radius 2 is 1.91 bits per heavy atom. The number of halogens is 3. The van der Waals surface area contributed by atoms with E-state index in [0.717, 1.165) is 0 Å². The maximum absolute atomic E-state index is 13.2. The number of likely N-dealkylation sites (tertiary alicyclic amines) is 1. The molecule has 2 amide bonds. The molecular formula is C27H33F3N8O6S. The highest BCUT2D eigenvalue weighted by Crippen LogP contribution is 2.31. The first kappa shape index (κ1) is 33.4. The van der Waals surface area contributed by atoms with Gasteiger partial charge in [0.05, 0.1) is 17.8 Å². The fourth-order valence-electron chi connectivity index (χ4n) is 4.82. The second kappa shape index (κ2) is 13.3. The van der Waals surface area contributed by atoms with Crippen molar-refractivity contribution < 1.29 is 41.0 Å². The highest BCUT2D eigenvalue weighted by molar-refractivity contribution is 7.89. The average Bonchev–Trinajstić information content (AvgIpc) is 3.41. The van der Waals surface area contributed by atoms with Crippen LogP contribution in [0.25, 0.3) is 22.3 Å². The van der Waals surface area contributed by atoms with Crippen LogP contribution in [0, 0.1) is 5.92 Å². The lowest BCUT2D eigenvalue weighted by Crippen LogP contribution is -2.50. The van der Waals surface area contributed by atoms with Crippen molar-refractivity contribution in [2.75, 3.05) is 36.9 Å². The highest BCUT2D eigenvalue weighted by Gasteiger charge is 2.34. The second-order valence-corrected chi connectivity index (χ2v) is 12.2. The van der Waals surface area contributed by atoms with Crippen LogP contribution in [0.3, 0.4) is 0 Å². The Morgan fingerprint density at radius 3 is 2.53 bits per heavy atom. The zero-order valence-corrected chi connectivity index (χ0v) is 25.4. The van der Waals surface area contributed by atoms with Gasteiger partial charge >= 0.3 is 12.3 Å². The molecule has 4 rings (SSSR count). The Hall–Kier alpha value is -4.45. The molecule has 0 bridgehead atoms. The predicted molar refractivity (Wildman–Crippen MR) is 158 cm³/mol. The number of ether oxygens (including phenoxy) is 1. The van der Waals surface area contributed by atoms with E-state index in [2.05, 4.69) is 30.9 Å². The molecule has 0 saturated carbocycles. The number of carbonyl (C=O) groups is 2. The fraction of sp³-hybridized carbons (Fsp3) is 0.444. The molecular weight excluding hydrogens is 621 g/mol. The monoisotopic (exact) mass is 654 g/mol. The van der Waals surface area contributed by atoms with Crippen LogP contribution in [0.1, 0.15) is 27.2 Å². The Kier molecular flexibility index (Phi) is 9.86. The van der Waals surface area contributed by atoms with Gasteiger partial charge in [0.25, 0.3) is 0 Å². The quantitative estimate of drug-likeness (QED) is 0.203. The third kappa shape index (κ3) is 8.39. The number of nitrogens with two attached hydrogens (primary N) is 1. The number of carboxylic acid groups (broad SMARTS) is 1. The highest BCUT2D eigenvalue weighted by atomic mass is 32.2. The molecule has 244 valence electrons. The molecule has 14 nitrogen and oxygen atoms in total. The van der Waals surface area contributed by atoms with Gasteiger partial charge in [-0.2, -0.15) is 18.2 Å². The van der Waals surface area contributed by atoms with Crippen LogP contribution in [-0.4, -0.2) is 89.9 Å². The minimum atomic E-state index is -4.58. The first-order valence-electron chi connectivity index (χ1n) is 13.9. The third-order valence-corrected chi connectivity index (χ3v) is 7.82. The summed E-state index contributed by atoms with van der Waals surface area (Å²) < 4.78 is 69.3. The van der Waals surface area contributed by atoms with Gasteiger partial charge < -0.3 is 30.7 Å². The first-order chi connectivity index (χ1) is 21.1. The number of aromatic nitrogens is 3. The van der Waals surface area contributed by atoms with E-state index in [1.54, 1.807) is 20.8 Å². The van der Waals surface area contributed by atoms with Crippen LogP contribution in [0.15, 0.2) is 35.2 Å². The molecule has 1 aliphatic rings. The van der Waals surface area contributed by atoms with Crippen molar-refractivity contribution in [3.63, 3.8) is 0 Å². The number of amides is 2. The number of fused-ring (bicyclic) bond motifs is 1. The van der Waals surface area contributed by atoms with Gasteiger partial charge in [-0.15, -0.1) is 0 Å². The van der Waals surface area contributed by atoms with Crippen LogP contribution < -0.4 is 25.8 Å². The average molecular weight is 655 g/mol. The van der Waals surface area contributed by atoms with Gasteiger partial charge in [0.1, 0.15) is 28.7 Å². The van der Waals surface area contributed by atoms with Gasteiger partial charge in [-0.3, -0.25) is 4.79 Å². The van der Waals surface area contributed by atoms with Crippen molar-refractivity contribution in [2.24, 2.45) is 11.1 Å². The topological polar surface area (TPSA) is 202 Å². The molecule has 1 saturated heterocycles. The summed E-state index contributed by atoms with van der Waals surface area (Å²) in [5.74, 6) is -0.877. The number of hydrogen-bond donors (Lipinski definition) is 5. The van der Waals surface area contributed by atoms with E-state index in [9.17, 15) is 31.2 Å². The molecule has 0 aliphatic carbocycles. The molecule has 3 aromatic rings. The third-order valence-electron chi connectivity index (χ3n) is 6.89. The summed E-state index contributed by atoms with van der Waals surface area (Å²) in [5.41, 5.74) is 0.710. The normalized spacial score (nSPS) is 16.1. The van der Waals surface area contributed by atoms with Crippen molar-refractivity contribution in [1.82, 2.24) is 25.2 Å². The van der Waals surface area contributed by atoms with E-state index >= 15 is 0 Å². The minimum absolute atomic E-state index is 0.00362. The molecule has 0 radical (unpaired) electrons. The summed E-state index contributed by atoms with van der Waals surface area (Å²) in [6.45, 7) is 4.40. The molecule has 18 heteroatoms. The molecule has 1 aromatic carbocycles. The van der Waals surface area contributed by atoms with E-state index in [-0.39, 0.29) is 70.2 Å². The Labute approximate surface area is 256 Å². The predicted octanol–water partition coefficient (Wildman–Crippen LogP) is 3.02. The standard InChI is InChI=1S/C27H33F3N8O6S/c1-4-44-19-8-5-15(11-20(19)45(31,42)43)17-6-7-18-22(34-17)23(32-13-27(28,29)30)37-25(35-18)33-16-9-10-38(12-16)24(39)21(14(2)3)36-26(40)41/h5-8,11,14,16,21,36H,4,9-10,12-13H2,1-3H3,(H,40,41)(H2,31,42,43)(H2,32,33,35,37)/t16-,21+/m0/s1. The van der Waals surface area contributed by atoms with Gasteiger partial charge in [0.15, 0.2) is 5.82 Å². The Morgan fingerprint density at radius 1 is 1.18 bits per heavy atom. The lowest BCUT2D eigenvalue weighted by atomic mass is 10.0. The maximum atomic E-state index is 13.2. The Bertz CT molecular complexity index is 1690. The number of sulfonamides is 1. The first-order valence-corrected chi connectivity index (χ1v) is 15.4. The molecule has 1 fully saturated rings. The lowest BCUT2D eigenvalue weighted by Gasteiger charge is -2.26. The van der Waals surface area contributed by atoms with E-state index in [1.807, 2.05) is 0 Å². The smallest absolute Gasteiger partial charge is 0.405 e.